The molecule has 3 rings (SSSR count). The van der Waals surface area contributed by atoms with Crippen LogP contribution in [-0.4, -0.2) is 307 Å². The molecule has 1 heterocycles. The average molecular weight is 1830 g/mol. The summed E-state index contributed by atoms with van der Waals surface area (Å²) in [5.41, 5.74) is 41.2. The molecule has 0 bridgehead atoms. The minimum absolute atomic E-state index is 0.0818. The second-order valence-electron chi connectivity index (χ2n) is 31.6. The fourth-order valence-electron chi connectivity index (χ4n) is 12.8. The zero-order chi connectivity index (χ0) is 96.0. The highest BCUT2D eigenvalue weighted by Crippen LogP contribution is 2.24. The highest BCUT2D eigenvalue weighted by atomic mass is 32.1. The minimum Gasteiger partial charge on any atom is -0.508 e. The third-order valence-electron chi connectivity index (χ3n) is 20.4. The smallest absolute Gasteiger partial charge is 0.326 e. The van der Waals surface area contributed by atoms with Crippen molar-refractivity contribution in [3.8, 4) is 11.5 Å². The van der Waals surface area contributed by atoms with Crippen molar-refractivity contribution in [2.75, 3.05) is 51.6 Å². The summed E-state index contributed by atoms with van der Waals surface area (Å²) >= 11 is 8.75. The second kappa shape index (κ2) is 54.0. The van der Waals surface area contributed by atoms with Gasteiger partial charge in [-0.05, 0) is 140 Å². The van der Waals surface area contributed by atoms with Gasteiger partial charge in [0.05, 0.1) is 31.3 Å². The Balaban J connectivity index is 1.85. The zero-order valence-electron chi connectivity index (χ0n) is 72.1. The lowest BCUT2D eigenvalue weighted by Gasteiger charge is -2.34. The number of β-amino-alcohol motifs (C(OH)–C–C–N with tert-alkyl or cyclic N) is 1. The van der Waals surface area contributed by atoms with E-state index in [0.29, 0.717) is 17.5 Å². The summed E-state index contributed by atoms with van der Waals surface area (Å²) in [6.07, 6.45) is -6.11. The van der Waals surface area contributed by atoms with Gasteiger partial charge in [-0.3, -0.25) is 82.1 Å². The standard InChI is InChI=1S/C78H128N24O23S2/c1-9-37(4)58(99-71(119)55-31-44(107)33-102(55)75(123)57(84)36(2)3)72(120)101-60(78(7,8)127)74(122)95-50(29-40-12-16-42(105)17-13-40)67(115)97-53(34-103)69(117)94-51(32-56(83)108)68(116)90-45(11-10-28-87-77(85)86)63(111)92-49(23-27-82)66(114)100-59(39(6)104)73(121)93-46(20-24-79)62(110)88-38(5)61(109)89-47(21-25-80)64(112)91-48(22-26-81)65(113)98-54(35-126)70(118)96-52(76(124)125)30-41-14-18-43(106)19-15-41/h12-19,36-39,44-55,57-60,103-107,126-127H,9-11,20-35,79-82,84H2,1-8H3,(H2,83,108)(H,88,110)(H,89,109)(H,90,116)(H,91,112)(H,92,111)(H,93,121)(H,94,117)(H,95,122)(H,96,118)(H,97,115)(H,98,113)(H,99,119)(H,100,114)(H,101,120)(H,124,125)(H4,85,86,87)/t37-,38-,39+,44+,45-,46+,47-,48-,49-,50-,51-,52-,53-,54-,55-,57-,58-,59-,60+/m0/s1. The van der Waals surface area contributed by atoms with E-state index < -0.39 is 252 Å². The van der Waals surface area contributed by atoms with Crippen LogP contribution in [0.15, 0.2) is 48.5 Å². The number of amides is 16. The molecule has 1 aliphatic heterocycles. The van der Waals surface area contributed by atoms with Crippen molar-refractivity contribution in [3.05, 3.63) is 59.7 Å². The number of carboxylic acid groups (broad SMARTS) is 1. The molecule has 0 radical (unpaired) electrons. The normalized spacial score (nSPS) is 17.1. The molecular formula is C78H128N24O23S2. The van der Waals surface area contributed by atoms with Crippen molar-refractivity contribution in [2.45, 2.75) is 240 Å². The van der Waals surface area contributed by atoms with Gasteiger partial charge in [0.2, 0.25) is 94.5 Å². The molecular weight excluding hydrogens is 1710 g/mol. The summed E-state index contributed by atoms with van der Waals surface area (Å²) in [4.78, 5) is 237. The number of thiol groups is 2. The number of benzene rings is 2. The fourth-order valence-corrected chi connectivity index (χ4v) is 13.2. The first-order valence-corrected chi connectivity index (χ1v) is 42.2. The van der Waals surface area contributed by atoms with Crippen molar-refractivity contribution in [2.24, 2.45) is 52.0 Å². The van der Waals surface area contributed by atoms with Gasteiger partial charge in [0.15, 0.2) is 5.96 Å². The van der Waals surface area contributed by atoms with E-state index in [2.05, 4.69) is 105 Å². The number of rotatable bonds is 55. The Kier molecular flexibility index (Phi) is 46.7. The van der Waals surface area contributed by atoms with Gasteiger partial charge in [0, 0.05) is 42.9 Å². The van der Waals surface area contributed by atoms with Gasteiger partial charge in [-0.15, -0.1) is 0 Å². The van der Waals surface area contributed by atoms with Crippen molar-refractivity contribution in [3.63, 3.8) is 0 Å². The lowest BCUT2D eigenvalue weighted by molar-refractivity contribution is -0.142. The van der Waals surface area contributed by atoms with Crippen LogP contribution in [0.3, 0.4) is 0 Å². The number of hydrogen-bond donors (Lipinski definition) is 31. The number of hydrogen-bond acceptors (Lipinski definition) is 30. The first-order chi connectivity index (χ1) is 59.6. The van der Waals surface area contributed by atoms with Crippen LogP contribution < -0.4 is 120 Å². The summed E-state index contributed by atoms with van der Waals surface area (Å²) < 4.78 is -1.48. The Bertz CT molecular complexity index is 4100. The SMILES string of the molecule is CC[C@H](C)[C@H](NC(=O)[C@@H]1C[C@@H](O)CN1C(=O)[C@@H](N)C(C)C)C(=O)N[C@H](C(=O)N[C@@H](Cc1ccc(O)cc1)C(=O)N[C@@H](CO)C(=O)N[C@@H](CC(N)=O)C(=O)N[C@@H](CCCNC(=N)N)C(=O)N[C@@H](CCN)C(=O)N[C@H](C(=O)N[C@H](CCN)C(=O)N[C@@H](C)C(=O)N[C@@H](CCN)C(=O)N[C@@H](CCN)C(=O)N[C@@H](CS)C(=O)N[C@@H](Cc1ccc(O)cc1)C(=O)O)[C@@H](C)O)C(C)(C)S. The quantitative estimate of drug-likeness (QED) is 0.0127. The molecule has 47 nitrogen and oxygen atoms in total. The molecule has 0 spiro atoms. The zero-order valence-corrected chi connectivity index (χ0v) is 73.9. The molecule has 710 valence electrons. The van der Waals surface area contributed by atoms with E-state index in [1.54, 1.807) is 27.7 Å². The number of guanidine groups is 1. The first kappa shape index (κ1) is 110. The van der Waals surface area contributed by atoms with E-state index in [-0.39, 0.29) is 107 Å². The third kappa shape index (κ3) is 36.5. The second-order valence-corrected chi connectivity index (χ2v) is 33.1. The van der Waals surface area contributed by atoms with E-state index in [4.69, 9.17) is 45.5 Å². The number of nitrogens with zero attached hydrogens (tertiary/aromatic N) is 1. The van der Waals surface area contributed by atoms with Crippen LogP contribution >= 0.6 is 25.3 Å². The van der Waals surface area contributed by atoms with Crippen LogP contribution in [0.1, 0.15) is 124 Å². The van der Waals surface area contributed by atoms with E-state index in [0.717, 1.165) is 11.8 Å². The molecule has 19 atom stereocenters. The lowest BCUT2D eigenvalue weighted by atomic mass is 9.95. The summed E-state index contributed by atoms with van der Waals surface area (Å²) in [6.45, 7) is 9.26. The number of nitrogens with two attached hydrogens (primary N) is 7. The van der Waals surface area contributed by atoms with Crippen LogP contribution in [0.25, 0.3) is 0 Å². The molecule has 2 aromatic rings. The number of carbonyl (C=O) groups is 17. The van der Waals surface area contributed by atoms with Crippen molar-refractivity contribution in [1.29, 1.82) is 5.41 Å². The number of phenolic OH excluding ortho intramolecular Hbond substituents is 2. The largest absolute Gasteiger partial charge is 0.508 e. The molecule has 1 fully saturated rings. The van der Waals surface area contributed by atoms with Crippen LogP contribution in [0.4, 0.5) is 0 Å². The maximum atomic E-state index is 14.6. The van der Waals surface area contributed by atoms with Crippen LogP contribution in [0, 0.1) is 17.2 Å². The number of aliphatic carboxylic acids is 1. The Morgan fingerprint density at radius 1 is 0.512 bits per heavy atom. The van der Waals surface area contributed by atoms with Gasteiger partial charge in [0.25, 0.3) is 0 Å². The molecule has 36 N–H and O–H groups in total. The highest BCUT2D eigenvalue weighted by Gasteiger charge is 2.45. The molecule has 0 saturated carbocycles. The van der Waals surface area contributed by atoms with E-state index in [1.165, 1.54) is 69.3 Å². The summed E-state index contributed by atoms with van der Waals surface area (Å²) in [5.74, 6) is -20.5. The lowest BCUT2D eigenvalue weighted by Crippen LogP contribution is -2.64. The van der Waals surface area contributed by atoms with Gasteiger partial charge in [-0.2, -0.15) is 25.3 Å². The number of phenols is 2. The number of carboxylic acids is 1. The van der Waals surface area contributed by atoms with Crippen molar-refractivity contribution >= 4 is 132 Å². The molecule has 127 heavy (non-hydrogen) atoms. The first-order valence-electron chi connectivity index (χ1n) is 41.2. The number of likely N-dealkylation sites (tertiary alicyclic amines) is 1. The van der Waals surface area contributed by atoms with Crippen LogP contribution in [0.5, 0.6) is 11.5 Å². The fraction of sp³-hybridized carbons (Fsp3) is 0.615. The van der Waals surface area contributed by atoms with Gasteiger partial charge in [-0.25, -0.2) is 4.79 Å². The highest BCUT2D eigenvalue weighted by molar-refractivity contribution is 7.81. The Labute approximate surface area is 744 Å². The summed E-state index contributed by atoms with van der Waals surface area (Å²) in [6, 6.07) is -14.7. The summed E-state index contributed by atoms with van der Waals surface area (Å²) in [5, 5.41) is 106. The third-order valence-corrected chi connectivity index (χ3v) is 21.0. The van der Waals surface area contributed by atoms with Crippen LogP contribution in [0.2, 0.25) is 0 Å². The molecule has 16 amide bonds. The molecule has 0 aliphatic carbocycles. The molecule has 0 aromatic heterocycles. The maximum Gasteiger partial charge on any atom is 0.326 e. The minimum atomic E-state index is -2.04. The summed E-state index contributed by atoms with van der Waals surface area (Å²) in [7, 11) is 0. The van der Waals surface area contributed by atoms with E-state index >= 15 is 0 Å². The maximum absolute atomic E-state index is 14.6. The van der Waals surface area contributed by atoms with Crippen LogP contribution in [-0.2, 0) is 94.3 Å². The van der Waals surface area contributed by atoms with E-state index in [9.17, 15) is 112 Å². The molecule has 49 heteroatoms. The van der Waals surface area contributed by atoms with Gasteiger partial charge >= 0.3 is 5.97 Å². The van der Waals surface area contributed by atoms with Gasteiger partial charge in [0.1, 0.15) is 102 Å². The monoisotopic (exact) mass is 1830 g/mol. The molecule has 2 aromatic carbocycles. The Morgan fingerprint density at radius 2 is 0.898 bits per heavy atom. The number of aliphatic hydroxyl groups excluding tert-OH is 3. The number of aromatic hydroxyl groups is 2. The topological polar surface area (TPSA) is 801 Å². The molecule has 1 saturated heterocycles. The average Bonchev–Trinajstić information content (AvgIpc) is 1.73. The predicted molar refractivity (Wildman–Crippen MR) is 466 cm³/mol. The number of carbonyl (C=O) groups excluding carboxylic acids is 16. The molecule has 1 aliphatic rings. The number of primary amides is 1. The Hall–Kier alpha value is -11.3. The van der Waals surface area contributed by atoms with Gasteiger partial charge in [-0.1, -0.05) is 58.4 Å². The molecule has 0 unspecified atom stereocenters. The number of nitrogens with one attached hydrogen (secondary N) is 16. The number of aliphatic hydroxyl groups is 3. The predicted octanol–water partition coefficient (Wildman–Crippen LogP) is -10.7. The van der Waals surface area contributed by atoms with E-state index in [1.807, 2.05) is 0 Å². The van der Waals surface area contributed by atoms with Crippen molar-refractivity contribution < 1.29 is 112 Å². The Morgan fingerprint density at radius 3 is 1.33 bits per heavy atom. The van der Waals surface area contributed by atoms with Crippen molar-refractivity contribution in [1.82, 2.24) is 84.7 Å². The van der Waals surface area contributed by atoms with Gasteiger partial charge < -0.3 is 155 Å².